The summed E-state index contributed by atoms with van der Waals surface area (Å²) in [7, 11) is 0. The maximum Gasteiger partial charge on any atom is 0.0384 e. The molecule has 2 nitrogen and oxygen atoms in total. The molecule has 3 N–H and O–H groups in total. The molecule has 0 spiro atoms. The average molecular weight is 254 g/mol. The molecule has 2 aromatic rings. The molecule has 2 aromatic carbocycles. The van der Waals surface area contributed by atoms with E-state index in [-0.39, 0.29) is 0 Å². The molecule has 0 aliphatic carbocycles. The van der Waals surface area contributed by atoms with Crippen molar-refractivity contribution >= 4 is 11.4 Å². The molecular weight excluding hydrogens is 232 g/mol. The zero-order valence-electron chi connectivity index (χ0n) is 11.5. The second kappa shape index (κ2) is 6.95. The van der Waals surface area contributed by atoms with E-state index in [4.69, 9.17) is 5.73 Å². The number of rotatable bonds is 6. The van der Waals surface area contributed by atoms with Gasteiger partial charge in [0.2, 0.25) is 0 Å². The quantitative estimate of drug-likeness (QED) is 0.809. The predicted molar refractivity (Wildman–Crippen MR) is 82.7 cm³/mol. The van der Waals surface area contributed by atoms with Crippen LogP contribution in [0.25, 0.3) is 0 Å². The Bertz CT molecular complexity index is 486. The molecule has 0 fully saturated rings. The van der Waals surface area contributed by atoms with Crippen LogP contribution in [0.5, 0.6) is 0 Å². The van der Waals surface area contributed by atoms with Crippen molar-refractivity contribution in [3.05, 3.63) is 59.7 Å². The molecule has 0 aliphatic rings. The van der Waals surface area contributed by atoms with Crippen LogP contribution < -0.4 is 11.1 Å². The molecule has 0 saturated heterocycles. The van der Waals surface area contributed by atoms with Crippen molar-refractivity contribution < 1.29 is 0 Å². The van der Waals surface area contributed by atoms with Gasteiger partial charge in [0, 0.05) is 17.9 Å². The first-order valence-electron chi connectivity index (χ1n) is 6.97. The Morgan fingerprint density at radius 1 is 0.842 bits per heavy atom. The lowest BCUT2D eigenvalue weighted by Crippen LogP contribution is -1.96. The van der Waals surface area contributed by atoms with Crippen LogP contribution in [0, 0.1) is 0 Å². The Morgan fingerprint density at radius 3 is 1.84 bits per heavy atom. The molecule has 0 unspecified atom stereocenters. The van der Waals surface area contributed by atoms with Gasteiger partial charge in [0.1, 0.15) is 0 Å². The highest BCUT2D eigenvalue weighted by molar-refractivity contribution is 5.60. The summed E-state index contributed by atoms with van der Waals surface area (Å²) in [5.41, 5.74) is 10.4. The van der Waals surface area contributed by atoms with Gasteiger partial charge in [0.25, 0.3) is 0 Å². The zero-order chi connectivity index (χ0) is 13.5. The van der Waals surface area contributed by atoms with Gasteiger partial charge in [-0.15, -0.1) is 0 Å². The third-order valence-corrected chi connectivity index (χ3v) is 3.25. The van der Waals surface area contributed by atoms with E-state index in [2.05, 4.69) is 60.8 Å². The lowest BCUT2D eigenvalue weighted by molar-refractivity contribution is 0.795. The van der Waals surface area contributed by atoms with E-state index >= 15 is 0 Å². The minimum Gasteiger partial charge on any atom is -0.356 e. The first kappa shape index (κ1) is 13.6. The Hall–Kier alpha value is -1.80. The monoisotopic (exact) mass is 254 g/mol. The van der Waals surface area contributed by atoms with Gasteiger partial charge in [0.15, 0.2) is 0 Å². The average Bonchev–Trinajstić information content (AvgIpc) is 2.47. The van der Waals surface area contributed by atoms with E-state index in [1.165, 1.54) is 24.8 Å². The van der Waals surface area contributed by atoms with Crippen LogP contribution >= 0.6 is 0 Å². The smallest absolute Gasteiger partial charge is 0.0384 e. The van der Waals surface area contributed by atoms with Crippen LogP contribution in [0.15, 0.2) is 48.5 Å². The van der Waals surface area contributed by atoms with Crippen molar-refractivity contribution in [1.82, 2.24) is 0 Å². The van der Waals surface area contributed by atoms with Crippen LogP contribution in [0.4, 0.5) is 11.4 Å². The molecule has 0 amide bonds. The van der Waals surface area contributed by atoms with Crippen molar-refractivity contribution in [1.29, 1.82) is 0 Å². The highest BCUT2D eigenvalue weighted by atomic mass is 14.9. The number of hydrogen-bond donors (Lipinski definition) is 2. The van der Waals surface area contributed by atoms with Crippen LogP contribution in [0.1, 0.15) is 30.9 Å². The number of unbranched alkanes of at least 4 members (excludes halogenated alkanes) is 1. The summed E-state index contributed by atoms with van der Waals surface area (Å²) in [4.78, 5) is 0. The molecule has 19 heavy (non-hydrogen) atoms. The lowest BCUT2D eigenvalue weighted by atomic mass is 10.1. The SMILES string of the molecule is CCCCc1ccc(Nc2ccc(CN)cc2)cc1. The summed E-state index contributed by atoms with van der Waals surface area (Å²) in [5, 5.41) is 3.40. The molecule has 0 heterocycles. The minimum atomic E-state index is 0.590. The fraction of sp³-hybridized carbons (Fsp3) is 0.294. The summed E-state index contributed by atoms with van der Waals surface area (Å²) >= 11 is 0. The molecule has 0 aliphatic heterocycles. The van der Waals surface area contributed by atoms with E-state index in [0.717, 1.165) is 16.9 Å². The predicted octanol–water partition coefficient (Wildman–Crippen LogP) is 4.23. The lowest BCUT2D eigenvalue weighted by Gasteiger charge is -2.08. The maximum atomic E-state index is 5.59. The fourth-order valence-electron chi connectivity index (χ4n) is 2.03. The van der Waals surface area contributed by atoms with Gasteiger partial charge < -0.3 is 11.1 Å². The Morgan fingerprint density at radius 2 is 1.37 bits per heavy atom. The number of nitrogens with two attached hydrogens (primary N) is 1. The molecule has 0 bridgehead atoms. The zero-order valence-corrected chi connectivity index (χ0v) is 11.5. The van der Waals surface area contributed by atoms with Gasteiger partial charge in [-0.2, -0.15) is 0 Å². The van der Waals surface area contributed by atoms with Gasteiger partial charge in [-0.3, -0.25) is 0 Å². The largest absolute Gasteiger partial charge is 0.356 e. The van der Waals surface area contributed by atoms with Crippen molar-refractivity contribution in [2.24, 2.45) is 5.73 Å². The third-order valence-electron chi connectivity index (χ3n) is 3.25. The minimum absolute atomic E-state index is 0.590. The number of nitrogens with one attached hydrogen (secondary N) is 1. The number of aryl methyl sites for hydroxylation is 1. The topological polar surface area (TPSA) is 38.0 Å². The summed E-state index contributed by atoms with van der Waals surface area (Å²) in [6.07, 6.45) is 3.67. The summed E-state index contributed by atoms with van der Waals surface area (Å²) in [5.74, 6) is 0. The molecule has 0 saturated carbocycles. The van der Waals surface area contributed by atoms with E-state index in [0.29, 0.717) is 6.54 Å². The number of hydrogen-bond acceptors (Lipinski definition) is 2. The number of anilines is 2. The van der Waals surface area contributed by atoms with Crippen LogP contribution in [0.2, 0.25) is 0 Å². The molecular formula is C17H22N2. The highest BCUT2D eigenvalue weighted by Crippen LogP contribution is 2.18. The van der Waals surface area contributed by atoms with Crippen LogP contribution in [-0.4, -0.2) is 0 Å². The second-order valence-corrected chi connectivity index (χ2v) is 4.83. The fourth-order valence-corrected chi connectivity index (χ4v) is 2.03. The second-order valence-electron chi connectivity index (χ2n) is 4.83. The Balaban J connectivity index is 1.98. The van der Waals surface area contributed by atoms with E-state index in [1.54, 1.807) is 0 Å². The van der Waals surface area contributed by atoms with Gasteiger partial charge in [-0.05, 0) is 48.2 Å². The third kappa shape index (κ3) is 4.11. The first-order chi connectivity index (χ1) is 9.31. The standard InChI is InChI=1S/C17H22N2/c1-2-3-4-14-5-9-16(10-6-14)19-17-11-7-15(13-18)8-12-17/h5-12,19H,2-4,13,18H2,1H3. The normalized spacial score (nSPS) is 10.4. The number of benzene rings is 2. The van der Waals surface area contributed by atoms with Crippen molar-refractivity contribution in [2.45, 2.75) is 32.7 Å². The molecule has 0 radical (unpaired) electrons. The van der Waals surface area contributed by atoms with Gasteiger partial charge in [0.05, 0.1) is 0 Å². The van der Waals surface area contributed by atoms with Gasteiger partial charge >= 0.3 is 0 Å². The molecule has 2 rings (SSSR count). The van der Waals surface area contributed by atoms with Crippen molar-refractivity contribution in [2.75, 3.05) is 5.32 Å². The van der Waals surface area contributed by atoms with Gasteiger partial charge in [-0.1, -0.05) is 37.6 Å². The summed E-state index contributed by atoms with van der Waals surface area (Å²) in [6, 6.07) is 16.9. The van der Waals surface area contributed by atoms with E-state index in [1.807, 2.05) is 0 Å². The molecule has 2 heteroatoms. The Labute approximate surface area is 115 Å². The Kier molecular flexibility index (Phi) is 4.99. The molecule has 0 aromatic heterocycles. The maximum absolute atomic E-state index is 5.59. The summed E-state index contributed by atoms with van der Waals surface area (Å²) < 4.78 is 0. The van der Waals surface area contributed by atoms with Crippen LogP contribution in [-0.2, 0) is 13.0 Å². The first-order valence-corrected chi connectivity index (χ1v) is 6.97. The van der Waals surface area contributed by atoms with Crippen molar-refractivity contribution in [3.63, 3.8) is 0 Å². The molecule has 100 valence electrons. The summed E-state index contributed by atoms with van der Waals surface area (Å²) in [6.45, 7) is 2.81. The molecule has 0 atom stereocenters. The van der Waals surface area contributed by atoms with Crippen molar-refractivity contribution in [3.8, 4) is 0 Å². The highest BCUT2D eigenvalue weighted by Gasteiger charge is 1.96. The van der Waals surface area contributed by atoms with E-state index < -0.39 is 0 Å². The van der Waals surface area contributed by atoms with Crippen LogP contribution in [0.3, 0.4) is 0 Å². The van der Waals surface area contributed by atoms with Gasteiger partial charge in [-0.25, -0.2) is 0 Å². The van der Waals surface area contributed by atoms with E-state index in [9.17, 15) is 0 Å².